The van der Waals surface area contributed by atoms with E-state index in [1.54, 1.807) is 6.92 Å². The summed E-state index contributed by atoms with van der Waals surface area (Å²) in [7, 11) is 0. The molecule has 5 nitrogen and oxygen atoms in total. The Morgan fingerprint density at radius 1 is 1.29 bits per heavy atom. The first kappa shape index (κ1) is 17.2. The van der Waals surface area contributed by atoms with Crippen molar-refractivity contribution >= 4 is 11.9 Å². The number of nitrogens with two attached hydrogens (primary N) is 1. The molecular formula is C16H24N2O3. The van der Waals surface area contributed by atoms with Gasteiger partial charge < -0.3 is 16.2 Å². The van der Waals surface area contributed by atoms with Gasteiger partial charge in [-0.05, 0) is 31.2 Å². The van der Waals surface area contributed by atoms with Crippen LogP contribution in [0.2, 0.25) is 0 Å². The van der Waals surface area contributed by atoms with Gasteiger partial charge in [0, 0.05) is 13.0 Å². The first-order valence-electron chi connectivity index (χ1n) is 7.18. The molecule has 0 fully saturated rings. The van der Waals surface area contributed by atoms with Gasteiger partial charge in [0.2, 0.25) is 5.91 Å². The molecule has 0 aromatic heterocycles. The van der Waals surface area contributed by atoms with Crippen molar-refractivity contribution < 1.29 is 14.7 Å². The number of nitrogens with one attached hydrogen (secondary N) is 1. The molecule has 0 aliphatic rings. The Hall–Kier alpha value is -1.88. The van der Waals surface area contributed by atoms with E-state index >= 15 is 0 Å². The third-order valence-corrected chi connectivity index (χ3v) is 3.62. The third-order valence-electron chi connectivity index (χ3n) is 3.62. The second-order valence-corrected chi connectivity index (χ2v) is 5.65. The number of carboxylic acids is 1. The molecule has 21 heavy (non-hydrogen) atoms. The number of hydrogen-bond acceptors (Lipinski definition) is 3. The van der Waals surface area contributed by atoms with Crippen LogP contribution in [-0.4, -0.2) is 23.5 Å². The van der Waals surface area contributed by atoms with Gasteiger partial charge in [0.25, 0.3) is 0 Å². The van der Waals surface area contributed by atoms with E-state index < -0.39 is 11.5 Å². The predicted octanol–water partition coefficient (Wildman–Crippen LogP) is 1.87. The number of aliphatic carboxylic acids is 1. The number of benzene rings is 1. The highest BCUT2D eigenvalue weighted by Crippen LogP contribution is 2.17. The van der Waals surface area contributed by atoms with Gasteiger partial charge in [0.1, 0.15) is 5.54 Å². The lowest BCUT2D eigenvalue weighted by molar-refractivity contribution is -0.137. The Morgan fingerprint density at radius 3 is 2.48 bits per heavy atom. The minimum atomic E-state index is -1.06. The molecule has 0 saturated heterocycles. The Kier molecular flexibility index (Phi) is 6.37. The standard InChI is InChI=1S/C16H24N2O3/c1-12(8-9-14(19)20)10-11-18-15(21)16(2,17)13-6-4-3-5-7-13/h3-7,12H,8-11,17H2,1-2H3,(H,18,21)(H,19,20). The van der Waals surface area contributed by atoms with E-state index in [2.05, 4.69) is 5.32 Å². The molecule has 0 spiro atoms. The van der Waals surface area contributed by atoms with Crippen LogP contribution in [0.15, 0.2) is 30.3 Å². The normalized spacial score (nSPS) is 15.0. The van der Waals surface area contributed by atoms with Gasteiger partial charge in [-0.3, -0.25) is 9.59 Å². The van der Waals surface area contributed by atoms with Crippen molar-refractivity contribution in [2.24, 2.45) is 11.7 Å². The van der Waals surface area contributed by atoms with E-state index in [1.165, 1.54) is 0 Å². The lowest BCUT2D eigenvalue weighted by atomic mass is 9.92. The zero-order chi connectivity index (χ0) is 15.9. The Balaban J connectivity index is 2.41. The molecule has 1 aromatic carbocycles. The van der Waals surface area contributed by atoms with Crippen molar-refractivity contribution in [2.45, 2.75) is 38.6 Å². The molecule has 0 bridgehead atoms. The van der Waals surface area contributed by atoms with E-state index in [-0.39, 0.29) is 18.2 Å². The molecule has 0 heterocycles. The molecule has 0 radical (unpaired) electrons. The third kappa shape index (κ3) is 5.55. The molecule has 1 rings (SSSR count). The number of hydrogen-bond donors (Lipinski definition) is 3. The monoisotopic (exact) mass is 292 g/mol. The fourth-order valence-corrected chi connectivity index (χ4v) is 2.05. The lowest BCUT2D eigenvalue weighted by Gasteiger charge is -2.24. The van der Waals surface area contributed by atoms with E-state index in [0.717, 1.165) is 12.0 Å². The first-order chi connectivity index (χ1) is 9.84. The van der Waals surface area contributed by atoms with Crippen LogP contribution in [0.5, 0.6) is 0 Å². The van der Waals surface area contributed by atoms with Crippen LogP contribution >= 0.6 is 0 Å². The second-order valence-electron chi connectivity index (χ2n) is 5.65. The molecule has 0 saturated carbocycles. The van der Waals surface area contributed by atoms with Crippen LogP contribution in [0.4, 0.5) is 0 Å². The highest BCUT2D eigenvalue weighted by molar-refractivity contribution is 5.86. The van der Waals surface area contributed by atoms with Gasteiger partial charge in [-0.25, -0.2) is 0 Å². The highest BCUT2D eigenvalue weighted by Gasteiger charge is 2.29. The zero-order valence-corrected chi connectivity index (χ0v) is 12.6. The number of rotatable bonds is 8. The zero-order valence-electron chi connectivity index (χ0n) is 12.6. The Morgan fingerprint density at radius 2 is 1.90 bits per heavy atom. The smallest absolute Gasteiger partial charge is 0.303 e. The van der Waals surface area contributed by atoms with Gasteiger partial charge in [0.15, 0.2) is 0 Å². The molecule has 116 valence electrons. The molecular weight excluding hydrogens is 268 g/mol. The van der Waals surface area contributed by atoms with Gasteiger partial charge in [-0.2, -0.15) is 0 Å². The SMILES string of the molecule is CC(CCNC(=O)C(C)(N)c1ccccc1)CCC(=O)O. The molecule has 5 heteroatoms. The molecule has 4 N–H and O–H groups in total. The summed E-state index contributed by atoms with van der Waals surface area (Å²) in [6.07, 6.45) is 1.52. The maximum atomic E-state index is 12.2. The Labute approximate surface area is 125 Å². The number of carbonyl (C=O) groups excluding carboxylic acids is 1. The average molecular weight is 292 g/mol. The number of carbonyl (C=O) groups is 2. The van der Waals surface area contributed by atoms with Crippen molar-refractivity contribution in [2.75, 3.05) is 6.54 Å². The Bertz CT molecular complexity index is 472. The van der Waals surface area contributed by atoms with Gasteiger partial charge >= 0.3 is 5.97 Å². The van der Waals surface area contributed by atoms with E-state index in [1.807, 2.05) is 37.3 Å². The fraction of sp³-hybridized carbons (Fsp3) is 0.500. The van der Waals surface area contributed by atoms with Crippen LogP contribution < -0.4 is 11.1 Å². The quantitative estimate of drug-likeness (QED) is 0.682. The maximum absolute atomic E-state index is 12.2. The minimum Gasteiger partial charge on any atom is -0.481 e. The van der Waals surface area contributed by atoms with Crippen LogP contribution in [0, 0.1) is 5.92 Å². The summed E-state index contributed by atoms with van der Waals surface area (Å²) in [6, 6.07) is 9.23. The average Bonchev–Trinajstić information content (AvgIpc) is 2.45. The summed E-state index contributed by atoms with van der Waals surface area (Å²) in [5.74, 6) is -0.759. The maximum Gasteiger partial charge on any atom is 0.303 e. The van der Waals surface area contributed by atoms with Crippen molar-refractivity contribution in [3.8, 4) is 0 Å². The summed E-state index contributed by atoms with van der Waals surface area (Å²) in [5.41, 5.74) is 5.81. The van der Waals surface area contributed by atoms with Crippen LogP contribution in [0.3, 0.4) is 0 Å². The number of carboxylic acid groups (broad SMARTS) is 1. The molecule has 0 aliphatic heterocycles. The van der Waals surface area contributed by atoms with E-state index in [9.17, 15) is 9.59 Å². The molecule has 2 unspecified atom stereocenters. The van der Waals surface area contributed by atoms with Crippen LogP contribution in [-0.2, 0) is 15.1 Å². The van der Waals surface area contributed by atoms with Crippen molar-refractivity contribution in [3.63, 3.8) is 0 Å². The van der Waals surface area contributed by atoms with Crippen molar-refractivity contribution in [1.82, 2.24) is 5.32 Å². The molecule has 1 aromatic rings. The topological polar surface area (TPSA) is 92.4 Å². The van der Waals surface area contributed by atoms with Crippen LogP contribution in [0.25, 0.3) is 0 Å². The summed E-state index contributed by atoms with van der Waals surface area (Å²) >= 11 is 0. The van der Waals surface area contributed by atoms with Gasteiger partial charge in [-0.1, -0.05) is 37.3 Å². The van der Waals surface area contributed by atoms with E-state index in [0.29, 0.717) is 13.0 Å². The van der Waals surface area contributed by atoms with Crippen molar-refractivity contribution in [3.05, 3.63) is 35.9 Å². The summed E-state index contributed by atoms with van der Waals surface area (Å²) in [4.78, 5) is 22.7. The van der Waals surface area contributed by atoms with Gasteiger partial charge in [0.05, 0.1) is 0 Å². The number of amides is 1. The van der Waals surface area contributed by atoms with Crippen LogP contribution in [0.1, 0.15) is 38.7 Å². The lowest BCUT2D eigenvalue weighted by Crippen LogP contribution is -2.49. The molecule has 1 amide bonds. The summed E-state index contributed by atoms with van der Waals surface area (Å²) in [6.45, 7) is 4.17. The minimum absolute atomic E-state index is 0.160. The summed E-state index contributed by atoms with van der Waals surface area (Å²) in [5, 5.41) is 11.5. The summed E-state index contributed by atoms with van der Waals surface area (Å²) < 4.78 is 0. The van der Waals surface area contributed by atoms with Gasteiger partial charge in [-0.15, -0.1) is 0 Å². The second kappa shape index (κ2) is 7.78. The fourth-order valence-electron chi connectivity index (χ4n) is 2.05. The first-order valence-corrected chi connectivity index (χ1v) is 7.18. The van der Waals surface area contributed by atoms with Crippen molar-refractivity contribution in [1.29, 1.82) is 0 Å². The molecule has 0 aliphatic carbocycles. The molecule has 2 atom stereocenters. The van der Waals surface area contributed by atoms with E-state index in [4.69, 9.17) is 10.8 Å². The largest absolute Gasteiger partial charge is 0.481 e. The highest BCUT2D eigenvalue weighted by atomic mass is 16.4. The predicted molar refractivity (Wildman–Crippen MR) is 81.6 cm³/mol.